The number of methoxy groups -OCH3 is 1. The molecule has 0 fully saturated rings. The van der Waals surface area contributed by atoms with Gasteiger partial charge in [-0.15, -0.1) is 0 Å². The molecule has 0 bridgehead atoms. The number of benzene rings is 1. The first-order valence-corrected chi connectivity index (χ1v) is 9.62. The monoisotopic (exact) mass is 384 g/mol. The van der Waals surface area contributed by atoms with Crippen LogP contribution in [0.15, 0.2) is 29.0 Å². The Labute approximate surface area is 161 Å². The van der Waals surface area contributed by atoms with Gasteiger partial charge in [-0.3, -0.25) is 4.79 Å². The first-order valence-electron chi connectivity index (χ1n) is 8.68. The third-order valence-electron chi connectivity index (χ3n) is 4.79. The summed E-state index contributed by atoms with van der Waals surface area (Å²) < 4.78 is 13.1. The normalized spacial score (nSPS) is 13.7. The van der Waals surface area contributed by atoms with Crippen molar-refractivity contribution in [1.29, 1.82) is 0 Å². The van der Waals surface area contributed by atoms with Gasteiger partial charge in [0.25, 0.3) is 0 Å². The molecule has 0 amide bonds. The number of carbonyl (C=O) groups excluding carboxylic acids is 1. The number of ether oxygens (including phenoxy) is 2. The van der Waals surface area contributed by atoms with Crippen molar-refractivity contribution in [1.82, 2.24) is 9.78 Å². The zero-order valence-corrected chi connectivity index (χ0v) is 16.1. The maximum absolute atomic E-state index is 11.5. The van der Waals surface area contributed by atoms with E-state index >= 15 is 0 Å². The van der Waals surface area contributed by atoms with Gasteiger partial charge in [0.15, 0.2) is 6.29 Å². The maximum Gasteiger partial charge on any atom is 0.170 e. The van der Waals surface area contributed by atoms with E-state index in [2.05, 4.69) is 5.10 Å². The molecule has 1 N–H and O–H groups in total. The van der Waals surface area contributed by atoms with Crippen LogP contribution in [-0.4, -0.2) is 28.3 Å². The smallest absolute Gasteiger partial charge is 0.170 e. The van der Waals surface area contributed by atoms with Crippen molar-refractivity contribution in [3.8, 4) is 28.4 Å². The van der Waals surface area contributed by atoms with Crippen LogP contribution >= 0.6 is 11.3 Å². The summed E-state index contributed by atoms with van der Waals surface area (Å²) in [5, 5.41) is 19.1. The first kappa shape index (κ1) is 17.8. The van der Waals surface area contributed by atoms with Crippen molar-refractivity contribution in [2.75, 3.05) is 7.11 Å². The highest BCUT2D eigenvalue weighted by Gasteiger charge is 2.30. The SMILES string of the molecule is COc1cc2c(cc1C(O)C(C)C)-c1c(c(C=O)nn1-c1ccsc1)CO2. The van der Waals surface area contributed by atoms with E-state index in [1.54, 1.807) is 29.2 Å². The molecule has 0 saturated heterocycles. The lowest BCUT2D eigenvalue weighted by Gasteiger charge is -2.24. The zero-order chi connectivity index (χ0) is 19.1. The number of thiophene rings is 1. The van der Waals surface area contributed by atoms with Gasteiger partial charge in [-0.2, -0.15) is 16.4 Å². The Kier molecular flexibility index (Phi) is 4.49. The summed E-state index contributed by atoms with van der Waals surface area (Å²) in [7, 11) is 1.58. The summed E-state index contributed by atoms with van der Waals surface area (Å²) >= 11 is 1.56. The lowest BCUT2D eigenvalue weighted by molar-refractivity contribution is 0.111. The number of aliphatic hydroxyl groups excluding tert-OH is 1. The largest absolute Gasteiger partial charge is 0.496 e. The molecular weight excluding hydrogens is 364 g/mol. The van der Waals surface area contributed by atoms with Gasteiger partial charge in [0, 0.05) is 28.1 Å². The topological polar surface area (TPSA) is 73.6 Å². The number of carbonyl (C=O) groups is 1. The molecule has 1 aliphatic heterocycles. The molecule has 1 atom stereocenters. The molecule has 2 aromatic heterocycles. The molecule has 3 heterocycles. The Morgan fingerprint density at radius 2 is 2.22 bits per heavy atom. The summed E-state index contributed by atoms with van der Waals surface area (Å²) in [5.41, 5.74) is 4.30. The fraction of sp³-hybridized carbons (Fsp3) is 0.300. The minimum absolute atomic E-state index is 0.0215. The minimum atomic E-state index is -0.682. The number of aliphatic hydroxyl groups is 1. The summed E-state index contributed by atoms with van der Waals surface area (Å²) in [6.45, 7) is 4.16. The van der Waals surface area contributed by atoms with Gasteiger partial charge in [0.2, 0.25) is 0 Å². The summed E-state index contributed by atoms with van der Waals surface area (Å²) in [5.74, 6) is 1.25. The number of hydrogen-bond donors (Lipinski definition) is 1. The number of hydrogen-bond acceptors (Lipinski definition) is 6. The number of nitrogens with zero attached hydrogens (tertiary/aromatic N) is 2. The highest BCUT2D eigenvalue weighted by atomic mass is 32.1. The van der Waals surface area contributed by atoms with Gasteiger partial charge in [0.1, 0.15) is 23.8 Å². The summed E-state index contributed by atoms with van der Waals surface area (Å²) in [6, 6.07) is 5.63. The second-order valence-corrected chi connectivity index (χ2v) is 7.57. The quantitative estimate of drug-likeness (QED) is 0.673. The predicted molar refractivity (Wildman–Crippen MR) is 103 cm³/mol. The molecule has 0 aliphatic carbocycles. The van der Waals surface area contributed by atoms with Crippen LogP contribution in [-0.2, 0) is 6.61 Å². The van der Waals surface area contributed by atoms with Crippen LogP contribution < -0.4 is 9.47 Å². The van der Waals surface area contributed by atoms with Gasteiger partial charge in [-0.25, -0.2) is 4.68 Å². The Bertz CT molecular complexity index is 992. The van der Waals surface area contributed by atoms with Crippen LogP contribution in [0.1, 0.15) is 41.6 Å². The number of aldehydes is 1. The molecular formula is C20H20N2O4S. The molecule has 0 spiro atoms. The Balaban J connectivity index is 1.98. The summed E-state index contributed by atoms with van der Waals surface area (Å²) in [6.07, 6.45) is 0.0717. The Morgan fingerprint density at radius 1 is 1.41 bits per heavy atom. The fourth-order valence-corrected chi connectivity index (χ4v) is 3.96. The van der Waals surface area contributed by atoms with Crippen LogP contribution in [0, 0.1) is 5.92 Å². The van der Waals surface area contributed by atoms with E-state index < -0.39 is 6.10 Å². The van der Waals surface area contributed by atoms with Crippen molar-refractivity contribution < 1.29 is 19.4 Å². The highest BCUT2D eigenvalue weighted by molar-refractivity contribution is 7.08. The van der Waals surface area contributed by atoms with E-state index in [9.17, 15) is 9.90 Å². The number of aromatic nitrogens is 2. The Morgan fingerprint density at radius 3 is 2.85 bits per heavy atom. The summed E-state index contributed by atoms with van der Waals surface area (Å²) in [4.78, 5) is 11.5. The molecule has 0 saturated carbocycles. The van der Waals surface area contributed by atoms with Gasteiger partial charge in [-0.05, 0) is 23.4 Å². The van der Waals surface area contributed by atoms with E-state index in [0.29, 0.717) is 22.8 Å². The average Bonchev–Trinajstić information content (AvgIpc) is 3.33. The van der Waals surface area contributed by atoms with Gasteiger partial charge in [-0.1, -0.05) is 13.8 Å². The molecule has 27 heavy (non-hydrogen) atoms. The van der Waals surface area contributed by atoms with E-state index in [4.69, 9.17) is 9.47 Å². The van der Waals surface area contributed by atoms with E-state index in [0.717, 1.165) is 28.8 Å². The van der Waals surface area contributed by atoms with Crippen LogP contribution in [0.4, 0.5) is 0 Å². The van der Waals surface area contributed by atoms with E-state index in [1.807, 2.05) is 36.7 Å². The molecule has 3 aromatic rings. The van der Waals surface area contributed by atoms with Gasteiger partial charge in [0.05, 0.1) is 24.6 Å². The molecule has 6 nitrogen and oxygen atoms in total. The van der Waals surface area contributed by atoms with Crippen molar-refractivity contribution >= 4 is 17.6 Å². The van der Waals surface area contributed by atoms with E-state index in [-0.39, 0.29) is 12.5 Å². The predicted octanol–water partition coefficient (Wildman–Crippen LogP) is 4.00. The van der Waals surface area contributed by atoms with Crippen LogP contribution in [0.3, 0.4) is 0 Å². The molecule has 0 radical (unpaired) electrons. The fourth-order valence-electron chi connectivity index (χ4n) is 3.34. The molecule has 7 heteroatoms. The van der Waals surface area contributed by atoms with Crippen LogP contribution in [0.25, 0.3) is 16.9 Å². The first-order chi connectivity index (χ1) is 13.0. The van der Waals surface area contributed by atoms with Crippen molar-refractivity contribution in [2.45, 2.75) is 26.6 Å². The molecule has 1 aromatic carbocycles. The second-order valence-electron chi connectivity index (χ2n) is 6.79. The third-order valence-corrected chi connectivity index (χ3v) is 5.46. The Hall–Kier alpha value is -2.64. The second kappa shape index (κ2) is 6.83. The molecule has 4 rings (SSSR count). The lowest BCUT2D eigenvalue weighted by Crippen LogP contribution is -2.12. The highest BCUT2D eigenvalue weighted by Crippen LogP contribution is 2.45. The zero-order valence-electron chi connectivity index (χ0n) is 15.3. The van der Waals surface area contributed by atoms with Crippen LogP contribution in [0.2, 0.25) is 0 Å². The van der Waals surface area contributed by atoms with Crippen LogP contribution in [0.5, 0.6) is 11.5 Å². The minimum Gasteiger partial charge on any atom is -0.496 e. The van der Waals surface area contributed by atoms with Gasteiger partial charge < -0.3 is 14.6 Å². The van der Waals surface area contributed by atoms with Crippen molar-refractivity contribution in [3.05, 3.63) is 45.8 Å². The van der Waals surface area contributed by atoms with E-state index in [1.165, 1.54) is 0 Å². The molecule has 1 aliphatic rings. The van der Waals surface area contributed by atoms with Crippen molar-refractivity contribution in [2.24, 2.45) is 5.92 Å². The standard InChI is InChI=1S/C20H20N2O4S/c1-11(2)20(24)14-6-13-18(7-17(14)25-3)26-9-15-16(8-23)21-22(19(13)15)12-4-5-27-10-12/h4-8,10-11,20,24H,9H2,1-3H3. The number of rotatable bonds is 5. The number of fused-ring (bicyclic) bond motifs is 3. The molecule has 1 unspecified atom stereocenters. The van der Waals surface area contributed by atoms with Gasteiger partial charge >= 0.3 is 0 Å². The third kappa shape index (κ3) is 2.83. The molecule has 140 valence electrons. The maximum atomic E-state index is 11.5. The average molecular weight is 384 g/mol. The van der Waals surface area contributed by atoms with Crippen molar-refractivity contribution in [3.63, 3.8) is 0 Å². The lowest BCUT2D eigenvalue weighted by atomic mass is 9.93.